The number of benzene rings is 7. The molecule has 0 aliphatic rings. The fourth-order valence-corrected chi connectivity index (χ4v) is 7.24. The maximum Gasteiger partial charge on any atom is 0.114 e. The zero-order valence-corrected chi connectivity index (χ0v) is 26.1. The number of nitrogens with zero attached hydrogens (tertiary/aromatic N) is 3. The molecule has 0 spiro atoms. The molecule has 0 aliphatic heterocycles. The molecule has 0 aliphatic carbocycles. The Labute approximate surface area is 273 Å². The molecule has 222 valence electrons. The minimum Gasteiger partial charge on any atom is -0.295 e. The van der Waals surface area contributed by atoms with Crippen LogP contribution in [0.15, 0.2) is 158 Å². The summed E-state index contributed by atoms with van der Waals surface area (Å²) in [6.07, 6.45) is 4.79. The van der Waals surface area contributed by atoms with Crippen molar-refractivity contribution in [1.29, 1.82) is 0 Å². The van der Waals surface area contributed by atoms with Crippen LogP contribution in [0.4, 0.5) is 0 Å². The van der Waals surface area contributed by atoms with Gasteiger partial charge in [-0.05, 0) is 90.5 Å². The van der Waals surface area contributed by atoms with Crippen molar-refractivity contribution in [3.8, 4) is 39.1 Å². The molecule has 0 bridgehead atoms. The monoisotopic (exact) mass is 601 g/mol. The average molecular weight is 602 g/mol. The molecule has 0 unspecified atom stereocenters. The Balaban J connectivity index is 1.36. The number of para-hydroxylation sites is 2. The van der Waals surface area contributed by atoms with Crippen LogP contribution in [0.5, 0.6) is 0 Å². The quantitative estimate of drug-likeness (QED) is 0.184. The van der Waals surface area contributed by atoms with Crippen molar-refractivity contribution in [3.05, 3.63) is 164 Å². The van der Waals surface area contributed by atoms with Gasteiger partial charge in [-0.3, -0.25) is 9.55 Å². The Morgan fingerprint density at radius 1 is 0.489 bits per heavy atom. The molecule has 0 amide bonds. The van der Waals surface area contributed by atoms with Crippen LogP contribution >= 0.6 is 0 Å². The predicted octanol–water partition coefficient (Wildman–Crippen LogP) is 11.4. The summed E-state index contributed by atoms with van der Waals surface area (Å²) in [7, 11) is 0. The van der Waals surface area contributed by atoms with Gasteiger partial charge in [0.25, 0.3) is 0 Å². The second kappa shape index (κ2) is 11.1. The van der Waals surface area contributed by atoms with Gasteiger partial charge in [0.15, 0.2) is 0 Å². The molecule has 3 heteroatoms. The van der Waals surface area contributed by atoms with Gasteiger partial charge in [0.05, 0.1) is 22.9 Å². The Bertz CT molecular complexity index is 2610. The highest BCUT2D eigenvalue weighted by Gasteiger charge is 2.19. The van der Waals surface area contributed by atoms with E-state index in [2.05, 4.69) is 151 Å². The Hall–Kier alpha value is -6.06. The highest BCUT2D eigenvalue weighted by Crippen LogP contribution is 2.45. The molecule has 7 aromatic carbocycles. The number of aryl methyl sites for hydroxylation is 1. The normalized spacial score (nSPS) is 11.6. The summed E-state index contributed by atoms with van der Waals surface area (Å²) in [6, 6.07) is 52.5. The molecular weight excluding hydrogens is 571 g/mol. The van der Waals surface area contributed by atoms with Crippen LogP contribution in [0.2, 0.25) is 0 Å². The highest BCUT2D eigenvalue weighted by molar-refractivity contribution is 6.22. The standard InChI is InChI=1S/C44H31N3/c1-2-42-46-40-18-10-11-19-41(40)47(42)35-25-34(27-45-28-35)44-37-17-9-8-16-36(37)43(33-21-20-30-14-6-7-15-31(30)24-33)39-26-32(22-23-38(39)44)29-12-4-3-5-13-29/h3-28H,2H2,1H3. The van der Waals surface area contributed by atoms with E-state index in [1.807, 2.05) is 18.5 Å². The second-order valence-corrected chi connectivity index (χ2v) is 12.1. The van der Waals surface area contributed by atoms with E-state index in [4.69, 9.17) is 9.97 Å². The van der Waals surface area contributed by atoms with Gasteiger partial charge in [-0.15, -0.1) is 0 Å². The lowest BCUT2D eigenvalue weighted by atomic mass is 9.84. The number of pyridine rings is 1. The fourth-order valence-electron chi connectivity index (χ4n) is 7.24. The fraction of sp³-hybridized carbons (Fsp3) is 0.0455. The van der Waals surface area contributed by atoms with Crippen LogP contribution in [0.25, 0.3) is 82.4 Å². The number of rotatable bonds is 5. The third kappa shape index (κ3) is 4.51. The third-order valence-electron chi connectivity index (χ3n) is 9.39. The number of hydrogen-bond acceptors (Lipinski definition) is 2. The Morgan fingerprint density at radius 3 is 2.00 bits per heavy atom. The summed E-state index contributed by atoms with van der Waals surface area (Å²) >= 11 is 0. The summed E-state index contributed by atoms with van der Waals surface area (Å²) in [5.41, 5.74) is 10.3. The van der Waals surface area contributed by atoms with E-state index in [9.17, 15) is 0 Å². The van der Waals surface area contributed by atoms with Gasteiger partial charge in [-0.25, -0.2) is 4.98 Å². The SMILES string of the molecule is CCc1nc2ccccc2n1-c1cncc(-c2c3ccccc3c(-c3ccc4ccccc4c3)c3cc(-c4ccccc4)ccc23)c1. The first-order chi connectivity index (χ1) is 23.3. The lowest BCUT2D eigenvalue weighted by Gasteiger charge is -2.19. The Morgan fingerprint density at radius 2 is 1.17 bits per heavy atom. The van der Waals surface area contributed by atoms with Crippen LogP contribution in [-0.4, -0.2) is 14.5 Å². The molecular formula is C44H31N3. The van der Waals surface area contributed by atoms with Crippen LogP contribution in [0.1, 0.15) is 12.7 Å². The topological polar surface area (TPSA) is 30.7 Å². The average Bonchev–Trinajstić information content (AvgIpc) is 3.53. The molecule has 47 heavy (non-hydrogen) atoms. The van der Waals surface area contributed by atoms with Gasteiger partial charge >= 0.3 is 0 Å². The zero-order chi connectivity index (χ0) is 31.3. The summed E-state index contributed by atoms with van der Waals surface area (Å²) in [6.45, 7) is 2.16. The van der Waals surface area contributed by atoms with Crippen molar-refractivity contribution in [3.63, 3.8) is 0 Å². The van der Waals surface area contributed by atoms with Gasteiger partial charge in [-0.1, -0.05) is 122 Å². The molecule has 0 radical (unpaired) electrons. The van der Waals surface area contributed by atoms with Crippen LogP contribution in [0, 0.1) is 0 Å². The summed E-state index contributed by atoms with van der Waals surface area (Å²) in [5, 5.41) is 7.35. The van der Waals surface area contributed by atoms with Crippen molar-refractivity contribution in [2.75, 3.05) is 0 Å². The van der Waals surface area contributed by atoms with Gasteiger partial charge in [0, 0.05) is 18.2 Å². The molecule has 0 saturated carbocycles. The predicted molar refractivity (Wildman–Crippen MR) is 197 cm³/mol. The van der Waals surface area contributed by atoms with Crippen molar-refractivity contribution in [2.24, 2.45) is 0 Å². The number of hydrogen-bond donors (Lipinski definition) is 0. The molecule has 0 fully saturated rings. The van der Waals surface area contributed by atoms with Gasteiger partial charge in [0.2, 0.25) is 0 Å². The van der Waals surface area contributed by atoms with E-state index in [0.717, 1.165) is 34.5 Å². The highest BCUT2D eigenvalue weighted by atomic mass is 15.1. The summed E-state index contributed by atoms with van der Waals surface area (Å²) in [5.74, 6) is 1.03. The maximum atomic E-state index is 4.95. The second-order valence-electron chi connectivity index (χ2n) is 12.1. The number of fused-ring (bicyclic) bond motifs is 4. The van der Waals surface area contributed by atoms with E-state index in [1.54, 1.807) is 0 Å². The zero-order valence-electron chi connectivity index (χ0n) is 26.1. The van der Waals surface area contributed by atoms with Crippen LogP contribution < -0.4 is 0 Å². The molecule has 0 atom stereocenters. The first kappa shape index (κ1) is 27.3. The van der Waals surface area contributed by atoms with Gasteiger partial charge in [0.1, 0.15) is 5.82 Å². The van der Waals surface area contributed by atoms with Crippen molar-refractivity contribution in [1.82, 2.24) is 14.5 Å². The van der Waals surface area contributed by atoms with Gasteiger partial charge < -0.3 is 0 Å². The lowest BCUT2D eigenvalue weighted by molar-refractivity contribution is 0.904. The van der Waals surface area contributed by atoms with E-state index in [-0.39, 0.29) is 0 Å². The smallest absolute Gasteiger partial charge is 0.114 e. The molecule has 0 saturated heterocycles. The van der Waals surface area contributed by atoms with E-state index >= 15 is 0 Å². The lowest BCUT2D eigenvalue weighted by Crippen LogP contribution is -2.01. The maximum absolute atomic E-state index is 4.95. The molecule has 9 rings (SSSR count). The molecule has 3 nitrogen and oxygen atoms in total. The van der Waals surface area contributed by atoms with Crippen molar-refractivity contribution >= 4 is 43.4 Å². The minimum absolute atomic E-state index is 0.827. The van der Waals surface area contributed by atoms with E-state index < -0.39 is 0 Å². The first-order valence-corrected chi connectivity index (χ1v) is 16.2. The number of imidazole rings is 1. The first-order valence-electron chi connectivity index (χ1n) is 16.2. The Kier molecular flexibility index (Phi) is 6.43. The molecule has 2 aromatic heterocycles. The van der Waals surface area contributed by atoms with E-state index in [1.165, 1.54) is 60.1 Å². The molecule has 9 aromatic rings. The van der Waals surface area contributed by atoms with Crippen LogP contribution in [0.3, 0.4) is 0 Å². The third-order valence-corrected chi connectivity index (χ3v) is 9.39. The van der Waals surface area contributed by atoms with Crippen molar-refractivity contribution in [2.45, 2.75) is 13.3 Å². The van der Waals surface area contributed by atoms with Crippen molar-refractivity contribution < 1.29 is 0 Å². The largest absolute Gasteiger partial charge is 0.295 e. The molecule has 2 heterocycles. The van der Waals surface area contributed by atoms with Crippen LogP contribution in [-0.2, 0) is 6.42 Å². The molecule has 0 N–H and O–H groups in total. The number of aromatic nitrogens is 3. The summed E-state index contributed by atoms with van der Waals surface area (Å²) in [4.78, 5) is 9.79. The minimum atomic E-state index is 0.827. The van der Waals surface area contributed by atoms with E-state index in [0.29, 0.717) is 0 Å². The summed E-state index contributed by atoms with van der Waals surface area (Å²) < 4.78 is 2.26. The van der Waals surface area contributed by atoms with Gasteiger partial charge in [-0.2, -0.15) is 0 Å².